The Labute approximate surface area is 240 Å². The molecule has 2 aliphatic rings. The summed E-state index contributed by atoms with van der Waals surface area (Å²) in [5.74, 6) is -0.559. The number of hydrogen-bond acceptors (Lipinski definition) is 6. The van der Waals surface area contributed by atoms with E-state index >= 15 is 0 Å². The minimum atomic E-state index is -3.76. The second-order valence-electron chi connectivity index (χ2n) is 11.2. The molecule has 3 aromatic rings. The lowest BCUT2D eigenvalue weighted by Crippen LogP contribution is -2.37. The van der Waals surface area contributed by atoms with Crippen LogP contribution in [0.15, 0.2) is 69.6 Å². The van der Waals surface area contributed by atoms with Crippen molar-refractivity contribution in [1.82, 2.24) is 4.68 Å². The number of esters is 1. The fraction of sp³-hybridized carbons (Fsp3) is 0.387. The normalized spacial score (nSPS) is 24.2. The number of aryl methyl sites for hydroxylation is 1. The SMILES string of the molecule is [C-]#[N+]c1c(C(=O)OC2C(C)CC(C)CC2C)c2n(c1Sc1ccccc1C)N=C(S(C)(=O)=O)C2c1ccccc1. The summed E-state index contributed by atoms with van der Waals surface area (Å²) in [5.41, 5.74) is 2.26. The van der Waals surface area contributed by atoms with Gasteiger partial charge in [-0.25, -0.2) is 22.7 Å². The lowest BCUT2D eigenvalue weighted by Gasteiger charge is -2.37. The average molecular weight is 576 g/mol. The van der Waals surface area contributed by atoms with E-state index in [1.807, 2.05) is 61.5 Å². The molecule has 3 unspecified atom stereocenters. The summed E-state index contributed by atoms with van der Waals surface area (Å²) >= 11 is 1.31. The predicted octanol–water partition coefficient (Wildman–Crippen LogP) is 7.08. The molecular formula is C31H33N3O4S2. The van der Waals surface area contributed by atoms with Gasteiger partial charge in [-0.3, -0.25) is 0 Å². The van der Waals surface area contributed by atoms with Gasteiger partial charge in [-0.1, -0.05) is 81.1 Å². The Morgan fingerprint density at radius 1 is 1.05 bits per heavy atom. The molecule has 9 heteroatoms. The van der Waals surface area contributed by atoms with Gasteiger partial charge in [0.05, 0.1) is 23.7 Å². The van der Waals surface area contributed by atoms with Gasteiger partial charge in [0.15, 0.2) is 14.9 Å². The molecule has 208 valence electrons. The Bertz CT molecular complexity index is 1620. The van der Waals surface area contributed by atoms with Crippen LogP contribution < -0.4 is 0 Å². The number of fused-ring (bicyclic) bond motifs is 1. The summed E-state index contributed by atoms with van der Waals surface area (Å²) in [7, 11) is -3.76. The van der Waals surface area contributed by atoms with Crippen molar-refractivity contribution in [2.45, 2.75) is 62.5 Å². The Hall–Kier alpha value is -3.35. The van der Waals surface area contributed by atoms with Crippen LogP contribution in [0.25, 0.3) is 4.85 Å². The maximum Gasteiger partial charge on any atom is 0.329 e. The number of rotatable bonds is 5. The van der Waals surface area contributed by atoms with Crippen molar-refractivity contribution >= 4 is 38.3 Å². The molecule has 0 radical (unpaired) electrons. The minimum absolute atomic E-state index is 0.0564. The smallest absolute Gasteiger partial charge is 0.329 e. The van der Waals surface area contributed by atoms with Crippen LogP contribution in [0.5, 0.6) is 0 Å². The van der Waals surface area contributed by atoms with E-state index in [0.29, 0.717) is 22.2 Å². The van der Waals surface area contributed by atoms with Crippen molar-refractivity contribution in [3.63, 3.8) is 0 Å². The third-order valence-electron chi connectivity index (χ3n) is 7.88. The van der Waals surface area contributed by atoms with Crippen LogP contribution in [0.1, 0.15) is 66.7 Å². The molecule has 0 saturated heterocycles. The average Bonchev–Trinajstić information content (AvgIpc) is 3.43. The first-order valence-corrected chi connectivity index (χ1v) is 16.2. The van der Waals surface area contributed by atoms with Gasteiger partial charge in [-0.05, 0) is 54.7 Å². The van der Waals surface area contributed by atoms with E-state index < -0.39 is 21.7 Å². The number of aromatic nitrogens is 1. The van der Waals surface area contributed by atoms with E-state index in [0.717, 1.165) is 29.6 Å². The molecule has 0 N–H and O–H groups in total. The third kappa shape index (κ3) is 5.11. The zero-order valence-corrected chi connectivity index (χ0v) is 24.9. The van der Waals surface area contributed by atoms with E-state index in [4.69, 9.17) is 11.3 Å². The van der Waals surface area contributed by atoms with Crippen molar-refractivity contribution in [2.24, 2.45) is 22.9 Å². The fourth-order valence-corrected chi connectivity index (χ4v) is 8.16. The van der Waals surface area contributed by atoms with E-state index in [1.165, 1.54) is 16.4 Å². The first kappa shape index (κ1) is 28.2. The van der Waals surface area contributed by atoms with Gasteiger partial charge in [0.2, 0.25) is 5.69 Å². The minimum Gasteiger partial charge on any atom is -0.459 e. The Morgan fingerprint density at radius 2 is 1.68 bits per heavy atom. The molecular weight excluding hydrogens is 542 g/mol. The number of carbonyl (C=O) groups excluding carboxylic acids is 1. The van der Waals surface area contributed by atoms with Crippen molar-refractivity contribution in [1.29, 1.82) is 0 Å². The van der Waals surface area contributed by atoms with Gasteiger partial charge in [-0.2, -0.15) is 5.10 Å². The van der Waals surface area contributed by atoms with Crippen LogP contribution in [0.3, 0.4) is 0 Å². The van der Waals surface area contributed by atoms with Crippen molar-refractivity contribution < 1.29 is 17.9 Å². The molecule has 1 aliphatic heterocycles. The maximum atomic E-state index is 14.1. The second-order valence-corrected chi connectivity index (χ2v) is 14.2. The third-order valence-corrected chi connectivity index (χ3v) is 10.2. The fourth-order valence-electron chi connectivity index (χ4n) is 6.20. The molecule has 3 atom stereocenters. The number of nitrogens with zero attached hydrogens (tertiary/aromatic N) is 3. The van der Waals surface area contributed by atoms with Gasteiger partial charge >= 0.3 is 5.97 Å². The monoisotopic (exact) mass is 575 g/mol. The van der Waals surface area contributed by atoms with E-state index in [9.17, 15) is 13.2 Å². The summed E-state index contributed by atoms with van der Waals surface area (Å²) in [4.78, 5) is 18.8. The molecule has 1 aliphatic carbocycles. The summed E-state index contributed by atoms with van der Waals surface area (Å²) in [6.07, 6.45) is 2.74. The lowest BCUT2D eigenvalue weighted by atomic mass is 9.75. The molecule has 1 aromatic heterocycles. The van der Waals surface area contributed by atoms with Crippen LogP contribution in [0.2, 0.25) is 0 Å². The summed E-state index contributed by atoms with van der Waals surface area (Å²) < 4.78 is 33.8. The highest BCUT2D eigenvalue weighted by Crippen LogP contribution is 2.49. The van der Waals surface area contributed by atoms with Crippen LogP contribution >= 0.6 is 11.8 Å². The van der Waals surface area contributed by atoms with E-state index in [1.54, 1.807) is 0 Å². The number of benzene rings is 2. The molecule has 0 amide bonds. The Kier molecular flexibility index (Phi) is 7.68. The number of hydrogen-bond donors (Lipinski definition) is 0. The van der Waals surface area contributed by atoms with Gasteiger partial charge in [0.25, 0.3) is 0 Å². The first-order valence-electron chi connectivity index (χ1n) is 13.5. The molecule has 7 nitrogen and oxygen atoms in total. The topological polar surface area (TPSA) is 82.1 Å². The summed E-state index contributed by atoms with van der Waals surface area (Å²) in [6, 6.07) is 16.9. The van der Waals surface area contributed by atoms with E-state index in [2.05, 4.69) is 30.7 Å². The van der Waals surface area contributed by atoms with Gasteiger partial charge in [-0.15, -0.1) is 0 Å². The zero-order valence-electron chi connectivity index (χ0n) is 23.3. The summed E-state index contributed by atoms with van der Waals surface area (Å²) in [6.45, 7) is 16.5. The molecule has 40 heavy (non-hydrogen) atoms. The zero-order chi connectivity index (χ0) is 28.8. The molecule has 0 bridgehead atoms. The van der Waals surface area contributed by atoms with Gasteiger partial charge < -0.3 is 4.74 Å². The first-order chi connectivity index (χ1) is 19.0. The second kappa shape index (κ2) is 10.9. The Balaban J connectivity index is 1.72. The highest BCUT2D eigenvalue weighted by Gasteiger charge is 2.44. The van der Waals surface area contributed by atoms with Crippen LogP contribution in [-0.2, 0) is 14.6 Å². The molecule has 1 fully saturated rings. The molecule has 1 saturated carbocycles. The number of sulfone groups is 1. The molecule has 0 spiro atoms. The quantitative estimate of drug-likeness (QED) is 0.240. The van der Waals surface area contributed by atoms with Crippen LogP contribution in [0.4, 0.5) is 5.69 Å². The standard InChI is InChI=1S/C31H33N3O4S2/c1-18-16-20(3)28(21(4)17-18)38-31(35)25-26(32-5)30(39-23-15-11-10-12-19(23)2)34-27(25)24(22-13-8-7-9-14-22)29(33-34)40(6,36)37/h7-15,18,20-21,24,28H,16-17H2,1-4,6H3. The molecule has 2 heterocycles. The lowest BCUT2D eigenvalue weighted by molar-refractivity contribution is -0.0252. The maximum absolute atomic E-state index is 14.1. The highest BCUT2D eigenvalue weighted by atomic mass is 32.2. The predicted molar refractivity (Wildman–Crippen MR) is 158 cm³/mol. The van der Waals surface area contributed by atoms with Crippen LogP contribution in [0, 0.1) is 31.2 Å². The largest absolute Gasteiger partial charge is 0.459 e. The molecule has 5 rings (SSSR count). The van der Waals surface area contributed by atoms with Crippen LogP contribution in [-0.4, -0.2) is 36.5 Å². The van der Waals surface area contributed by atoms with Crippen molar-refractivity contribution in [3.05, 3.63) is 88.4 Å². The van der Waals surface area contributed by atoms with Gasteiger partial charge in [0.1, 0.15) is 11.1 Å². The number of ether oxygens (including phenoxy) is 1. The van der Waals surface area contributed by atoms with Crippen molar-refractivity contribution in [2.75, 3.05) is 6.26 Å². The van der Waals surface area contributed by atoms with E-state index in [-0.39, 0.29) is 34.2 Å². The van der Waals surface area contributed by atoms with Gasteiger partial charge in [0, 0.05) is 11.2 Å². The summed E-state index contributed by atoms with van der Waals surface area (Å²) in [5, 5.41) is 4.93. The Morgan fingerprint density at radius 3 is 2.27 bits per heavy atom. The number of carbonyl (C=O) groups is 1. The highest BCUT2D eigenvalue weighted by molar-refractivity contribution is 8.06. The molecule has 2 aromatic carbocycles. The van der Waals surface area contributed by atoms with Crippen molar-refractivity contribution in [3.8, 4) is 0 Å².